The fourth-order valence-electron chi connectivity index (χ4n) is 2.88. The van der Waals surface area contributed by atoms with Gasteiger partial charge in [0, 0.05) is 24.7 Å². The highest BCUT2D eigenvalue weighted by molar-refractivity contribution is 5.95. The number of carboxylic acid groups (broad SMARTS) is 1. The fraction of sp³-hybridized carbons (Fsp3) is 0.467. The van der Waals surface area contributed by atoms with Crippen LogP contribution in [-0.4, -0.2) is 59.0 Å². The molecule has 5 heteroatoms. The van der Waals surface area contributed by atoms with E-state index in [9.17, 15) is 9.59 Å². The average Bonchev–Trinajstić information content (AvgIpc) is 2.38. The molecule has 2 atom stereocenters. The number of likely N-dealkylation sites (N-methyl/N-ethyl adjacent to an activating group) is 1. The Hall–Kier alpha value is -1.88. The van der Waals surface area contributed by atoms with Crippen LogP contribution < -0.4 is 0 Å². The van der Waals surface area contributed by atoms with Gasteiger partial charge in [-0.1, -0.05) is 18.2 Å². The van der Waals surface area contributed by atoms with Gasteiger partial charge in [0.1, 0.15) is 0 Å². The smallest absolute Gasteiger partial charge is 0.305 e. The van der Waals surface area contributed by atoms with Crippen molar-refractivity contribution in [3.63, 3.8) is 0 Å². The van der Waals surface area contributed by atoms with Crippen LogP contribution in [0.2, 0.25) is 0 Å². The molecule has 5 nitrogen and oxygen atoms in total. The van der Waals surface area contributed by atoms with Crippen LogP contribution in [0.15, 0.2) is 30.3 Å². The molecule has 0 radical (unpaired) electrons. The highest BCUT2D eigenvalue weighted by Crippen LogP contribution is 2.20. The predicted octanol–water partition coefficient (Wildman–Crippen LogP) is 1.31. The van der Waals surface area contributed by atoms with Crippen LogP contribution in [-0.2, 0) is 4.79 Å². The summed E-state index contributed by atoms with van der Waals surface area (Å²) in [6, 6.07) is 8.76. The van der Waals surface area contributed by atoms with Crippen LogP contribution >= 0.6 is 0 Å². The number of aliphatic carboxylic acids is 1. The van der Waals surface area contributed by atoms with E-state index in [0.717, 1.165) is 6.54 Å². The molecule has 0 unspecified atom stereocenters. The molecular formula is C15H20N2O3. The van der Waals surface area contributed by atoms with Gasteiger partial charge in [-0.25, -0.2) is 0 Å². The van der Waals surface area contributed by atoms with Crippen molar-refractivity contribution in [3.05, 3.63) is 35.9 Å². The fourth-order valence-corrected chi connectivity index (χ4v) is 2.88. The van der Waals surface area contributed by atoms with Crippen molar-refractivity contribution >= 4 is 11.9 Å². The summed E-state index contributed by atoms with van der Waals surface area (Å²) in [7, 11) is 1.95. The predicted molar refractivity (Wildman–Crippen MR) is 75.6 cm³/mol. The average molecular weight is 276 g/mol. The van der Waals surface area contributed by atoms with Gasteiger partial charge in [-0.15, -0.1) is 0 Å². The van der Waals surface area contributed by atoms with Gasteiger partial charge in [-0.05, 0) is 26.1 Å². The molecule has 1 saturated heterocycles. The highest BCUT2D eigenvalue weighted by atomic mass is 16.4. The third-order valence-electron chi connectivity index (χ3n) is 3.63. The number of hydrogen-bond acceptors (Lipinski definition) is 3. The maximum Gasteiger partial charge on any atom is 0.305 e. The molecule has 1 N–H and O–H groups in total. The second kappa shape index (κ2) is 6.05. The van der Waals surface area contributed by atoms with E-state index in [1.165, 1.54) is 0 Å². The van der Waals surface area contributed by atoms with Crippen LogP contribution in [0.4, 0.5) is 0 Å². The Morgan fingerprint density at radius 1 is 1.25 bits per heavy atom. The van der Waals surface area contributed by atoms with Gasteiger partial charge in [-0.3, -0.25) is 9.59 Å². The molecule has 1 fully saturated rings. The number of carbonyl (C=O) groups excluding carboxylic acids is 1. The third kappa shape index (κ3) is 3.17. The lowest BCUT2D eigenvalue weighted by molar-refractivity contribution is -0.138. The van der Waals surface area contributed by atoms with Crippen molar-refractivity contribution in [2.24, 2.45) is 0 Å². The maximum atomic E-state index is 12.6. The topological polar surface area (TPSA) is 60.9 Å². The molecule has 1 aliphatic rings. The van der Waals surface area contributed by atoms with Gasteiger partial charge in [0.25, 0.3) is 5.91 Å². The highest BCUT2D eigenvalue weighted by Gasteiger charge is 2.35. The lowest BCUT2D eigenvalue weighted by Crippen LogP contribution is -2.59. The molecule has 1 aromatic rings. The van der Waals surface area contributed by atoms with Gasteiger partial charge in [0.05, 0.1) is 12.5 Å². The normalized spacial score (nSPS) is 23.6. The number of benzene rings is 1. The molecule has 0 aliphatic carbocycles. The summed E-state index contributed by atoms with van der Waals surface area (Å²) in [6.45, 7) is 3.31. The zero-order valence-electron chi connectivity index (χ0n) is 11.8. The minimum absolute atomic E-state index is 0.00538. The van der Waals surface area contributed by atoms with Gasteiger partial charge >= 0.3 is 5.97 Å². The first-order valence-corrected chi connectivity index (χ1v) is 6.77. The van der Waals surface area contributed by atoms with Gasteiger partial charge < -0.3 is 14.9 Å². The first-order chi connectivity index (χ1) is 9.49. The van der Waals surface area contributed by atoms with Gasteiger partial charge in [0.15, 0.2) is 0 Å². The molecule has 1 aromatic carbocycles. The van der Waals surface area contributed by atoms with Crippen LogP contribution in [0.5, 0.6) is 0 Å². The Labute approximate surface area is 118 Å². The van der Waals surface area contributed by atoms with E-state index in [4.69, 9.17) is 5.11 Å². The summed E-state index contributed by atoms with van der Waals surface area (Å²) in [4.78, 5) is 27.5. The zero-order valence-corrected chi connectivity index (χ0v) is 11.8. The lowest BCUT2D eigenvalue weighted by Gasteiger charge is -2.44. The number of piperazine rings is 1. The molecule has 0 aromatic heterocycles. The van der Waals surface area contributed by atoms with Crippen LogP contribution in [0.25, 0.3) is 0 Å². The Bertz CT molecular complexity index is 489. The largest absolute Gasteiger partial charge is 0.481 e. The van der Waals surface area contributed by atoms with E-state index >= 15 is 0 Å². The van der Waals surface area contributed by atoms with Crippen molar-refractivity contribution in [2.75, 3.05) is 20.1 Å². The molecule has 1 amide bonds. The van der Waals surface area contributed by atoms with Crippen molar-refractivity contribution in [1.82, 2.24) is 9.80 Å². The maximum absolute atomic E-state index is 12.6. The van der Waals surface area contributed by atoms with Crippen LogP contribution in [0.1, 0.15) is 23.7 Å². The molecule has 20 heavy (non-hydrogen) atoms. The molecule has 1 aliphatic heterocycles. The van der Waals surface area contributed by atoms with Crippen molar-refractivity contribution < 1.29 is 14.7 Å². The minimum Gasteiger partial charge on any atom is -0.481 e. The standard InChI is InChI=1S/C15H20N2O3/c1-11-9-16(2)10-13(8-14(18)19)17(11)15(20)12-6-4-3-5-7-12/h3-7,11,13H,8-10H2,1-2H3,(H,18,19)/t11-,13+/m1/s1. The number of carboxylic acids is 1. The number of nitrogens with zero attached hydrogens (tertiary/aromatic N) is 2. The van der Waals surface area contributed by atoms with Crippen molar-refractivity contribution in [1.29, 1.82) is 0 Å². The summed E-state index contributed by atoms with van der Waals surface area (Å²) < 4.78 is 0. The molecule has 108 valence electrons. The van der Waals surface area contributed by atoms with Crippen molar-refractivity contribution in [2.45, 2.75) is 25.4 Å². The number of amides is 1. The van der Waals surface area contributed by atoms with E-state index in [-0.39, 0.29) is 24.4 Å². The third-order valence-corrected chi connectivity index (χ3v) is 3.63. The number of hydrogen-bond donors (Lipinski definition) is 1. The summed E-state index contributed by atoms with van der Waals surface area (Å²) in [5, 5.41) is 9.05. The zero-order chi connectivity index (χ0) is 14.7. The van der Waals surface area contributed by atoms with Crippen LogP contribution in [0.3, 0.4) is 0 Å². The SMILES string of the molecule is C[C@@H]1CN(C)C[C@H](CC(=O)O)N1C(=O)c1ccccc1. The Balaban J connectivity index is 2.24. The Kier molecular flexibility index (Phi) is 4.39. The Morgan fingerprint density at radius 2 is 1.90 bits per heavy atom. The number of carbonyl (C=O) groups is 2. The summed E-state index contributed by atoms with van der Waals surface area (Å²) in [5.41, 5.74) is 0.610. The summed E-state index contributed by atoms with van der Waals surface area (Å²) in [5.74, 6) is -0.958. The van der Waals surface area contributed by atoms with Gasteiger partial charge in [-0.2, -0.15) is 0 Å². The lowest BCUT2D eigenvalue weighted by atomic mass is 10.0. The minimum atomic E-state index is -0.872. The molecule has 2 rings (SSSR count). The first-order valence-electron chi connectivity index (χ1n) is 6.77. The molecule has 0 saturated carbocycles. The molecule has 0 spiro atoms. The molecular weight excluding hydrogens is 256 g/mol. The first kappa shape index (κ1) is 14.5. The number of rotatable bonds is 3. The second-order valence-corrected chi connectivity index (χ2v) is 5.40. The molecule has 1 heterocycles. The van der Waals surface area contributed by atoms with Gasteiger partial charge in [0.2, 0.25) is 0 Å². The summed E-state index contributed by atoms with van der Waals surface area (Å²) in [6.07, 6.45) is -0.0206. The van der Waals surface area contributed by atoms with E-state index < -0.39 is 5.97 Å². The van der Waals surface area contributed by atoms with Crippen molar-refractivity contribution in [3.8, 4) is 0 Å². The Morgan fingerprint density at radius 3 is 2.50 bits per heavy atom. The van der Waals surface area contributed by atoms with E-state index in [1.807, 2.05) is 32.2 Å². The van der Waals surface area contributed by atoms with E-state index in [2.05, 4.69) is 4.90 Å². The van der Waals surface area contributed by atoms with E-state index in [1.54, 1.807) is 17.0 Å². The molecule has 0 bridgehead atoms. The van der Waals surface area contributed by atoms with Crippen LogP contribution in [0, 0.1) is 0 Å². The quantitative estimate of drug-likeness (QED) is 0.904. The second-order valence-electron chi connectivity index (χ2n) is 5.40. The summed E-state index contributed by atoms with van der Waals surface area (Å²) >= 11 is 0. The monoisotopic (exact) mass is 276 g/mol. The van der Waals surface area contributed by atoms with E-state index in [0.29, 0.717) is 12.1 Å².